The van der Waals surface area contributed by atoms with Crippen molar-refractivity contribution in [3.05, 3.63) is 35.0 Å². The van der Waals surface area contributed by atoms with Gasteiger partial charge in [-0.1, -0.05) is 11.6 Å². The van der Waals surface area contributed by atoms with Gasteiger partial charge in [-0.05, 0) is 85.7 Å². The van der Waals surface area contributed by atoms with Gasteiger partial charge < -0.3 is 14.8 Å². The zero-order valence-electron chi connectivity index (χ0n) is 18.3. The van der Waals surface area contributed by atoms with Crippen molar-refractivity contribution in [2.45, 2.75) is 44.1 Å². The summed E-state index contributed by atoms with van der Waals surface area (Å²) in [5.74, 6) is 1.29. The van der Waals surface area contributed by atoms with Crippen LogP contribution in [-0.2, 0) is 14.3 Å². The number of hydrogen-bond acceptors (Lipinski definition) is 5. The Morgan fingerprint density at radius 2 is 1.88 bits per heavy atom. The molecule has 1 N–H and O–H groups in total. The molecule has 0 bridgehead atoms. The number of nitrogens with one attached hydrogen (secondary N) is 1. The van der Waals surface area contributed by atoms with E-state index < -0.39 is 0 Å². The van der Waals surface area contributed by atoms with E-state index in [1.807, 2.05) is 18.3 Å². The van der Waals surface area contributed by atoms with Crippen LogP contribution >= 0.6 is 11.6 Å². The van der Waals surface area contributed by atoms with Gasteiger partial charge in [0, 0.05) is 35.7 Å². The Bertz CT molecular complexity index is 1030. The van der Waals surface area contributed by atoms with Gasteiger partial charge >= 0.3 is 0 Å². The smallest absolute Gasteiger partial charge is 0.229 e. The number of rotatable bonds is 4. The number of halogens is 1. The predicted molar refractivity (Wildman–Crippen MR) is 124 cm³/mol. The number of likely N-dealkylation sites (tertiary alicyclic amines) is 1. The molecule has 1 amide bonds. The molecule has 1 aromatic heterocycles. The van der Waals surface area contributed by atoms with Crippen LogP contribution in [0.1, 0.15) is 43.6 Å². The van der Waals surface area contributed by atoms with E-state index in [4.69, 9.17) is 21.1 Å². The molecule has 1 atom stereocenters. The molecule has 6 rings (SSSR count). The van der Waals surface area contributed by atoms with Gasteiger partial charge in [0.25, 0.3) is 0 Å². The van der Waals surface area contributed by atoms with Gasteiger partial charge in [-0.2, -0.15) is 0 Å². The lowest BCUT2D eigenvalue weighted by Gasteiger charge is -2.41. The number of piperidine rings is 1. The zero-order chi connectivity index (χ0) is 21.7. The van der Waals surface area contributed by atoms with Gasteiger partial charge in [0.2, 0.25) is 5.91 Å². The Kier molecular flexibility index (Phi) is 5.37. The molecule has 1 unspecified atom stereocenters. The summed E-state index contributed by atoms with van der Waals surface area (Å²) in [6, 6.07) is 6.83. The number of carbonyl (C=O) groups is 1. The molecule has 4 aliphatic rings. The van der Waals surface area contributed by atoms with Crippen molar-refractivity contribution in [2.24, 2.45) is 11.3 Å². The number of nitrogens with zero attached hydrogens (tertiary/aromatic N) is 2. The van der Waals surface area contributed by atoms with Gasteiger partial charge in [0.05, 0.1) is 19.3 Å². The predicted octanol–water partition coefficient (Wildman–Crippen LogP) is 4.22. The molecule has 4 heterocycles. The topological polar surface area (TPSA) is 63.7 Å². The monoisotopic (exact) mass is 455 g/mol. The Balaban J connectivity index is 1.16. The third kappa shape index (κ3) is 3.81. The molecule has 6 nitrogen and oxygen atoms in total. The molecule has 2 aromatic rings. The second kappa shape index (κ2) is 8.24. The van der Waals surface area contributed by atoms with Crippen molar-refractivity contribution >= 4 is 34.1 Å². The maximum Gasteiger partial charge on any atom is 0.229 e. The van der Waals surface area contributed by atoms with Crippen LogP contribution in [0.15, 0.2) is 24.4 Å². The second-order valence-corrected chi connectivity index (χ2v) is 10.4. The molecule has 170 valence electrons. The molecule has 4 fully saturated rings. The largest absolute Gasteiger partial charge is 0.381 e. The highest BCUT2D eigenvalue weighted by molar-refractivity contribution is 6.32. The first kappa shape index (κ1) is 20.8. The van der Waals surface area contributed by atoms with Crippen LogP contribution in [-0.4, -0.2) is 61.3 Å². The van der Waals surface area contributed by atoms with Gasteiger partial charge in [-0.3, -0.25) is 9.69 Å². The zero-order valence-corrected chi connectivity index (χ0v) is 19.1. The average Bonchev–Trinajstić information content (AvgIpc) is 3.46. The number of aromatic nitrogens is 1. The molecule has 32 heavy (non-hydrogen) atoms. The fourth-order valence-corrected chi connectivity index (χ4v) is 6.16. The summed E-state index contributed by atoms with van der Waals surface area (Å²) in [6.45, 7) is 5.49. The summed E-state index contributed by atoms with van der Waals surface area (Å²) in [4.78, 5) is 19.9. The van der Waals surface area contributed by atoms with Crippen molar-refractivity contribution in [2.75, 3.05) is 44.8 Å². The Hall–Kier alpha value is -1.73. The normalized spacial score (nSPS) is 26.2. The number of ether oxygens (including phenoxy) is 2. The number of carbonyl (C=O) groups excluding carboxylic acids is 1. The van der Waals surface area contributed by atoms with Gasteiger partial charge in [0.1, 0.15) is 5.82 Å². The number of hydrogen-bond donors (Lipinski definition) is 1. The van der Waals surface area contributed by atoms with Crippen molar-refractivity contribution in [3.63, 3.8) is 0 Å². The van der Waals surface area contributed by atoms with E-state index in [1.165, 1.54) is 5.56 Å². The highest BCUT2D eigenvalue weighted by Crippen LogP contribution is 2.59. The first-order chi connectivity index (χ1) is 15.6. The average molecular weight is 456 g/mol. The summed E-state index contributed by atoms with van der Waals surface area (Å²) in [5, 5.41) is 5.98. The lowest BCUT2D eigenvalue weighted by Crippen LogP contribution is -2.51. The van der Waals surface area contributed by atoms with Gasteiger partial charge in [0.15, 0.2) is 0 Å². The molecule has 3 aliphatic heterocycles. The summed E-state index contributed by atoms with van der Waals surface area (Å²) in [5.41, 5.74) is 1.39. The molecule has 1 aromatic carbocycles. The summed E-state index contributed by atoms with van der Waals surface area (Å²) in [6.07, 6.45) is 7.00. The third-order valence-electron chi connectivity index (χ3n) is 8.19. The van der Waals surface area contributed by atoms with Crippen molar-refractivity contribution in [1.82, 2.24) is 9.88 Å². The minimum atomic E-state index is 0.0935. The van der Waals surface area contributed by atoms with Crippen molar-refractivity contribution in [3.8, 4) is 0 Å². The Morgan fingerprint density at radius 3 is 2.59 bits per heavy atom. The summed E-state index contributed by atoms with van der Waals surface area (Å²) >= 11 is 6.69. The highest BCUT2D eigenvalue weighted by Gasteiger charge is 2.58. The number of amides is 1. The van der Waals surface area contributed by atoms with Crippen molar-refractivity contribution < 1.29 is 14.3 Å². The molecule has 0 radical (unpaired) electrons. The quantitative estimate of drug-likeness (QED) is 0.747. The number of pyridine rings is 1. The van der Waals surface area contributed by atoms with E-state index in [9.17, 15) is 4.79 Å². The SMILES string of the molecule is O=C(Nc1cc2cc(C3CCN(C4COC4)CC3)c(Cl)cc2cn1)C1CC12CCOCC2. The Labute approximate surface area is 193 Å². The minimum absolute atomic E-state index is 0.0935. The first-order valence-corrected chi connectivity index (χ1v) is 12.3. The van der Waals surface area contributed by atoms with Gasteiger partial charge in [-0.25, -0.2) is 4.98 Å². The Morgan fingerprint density at radius 1 is 1.09 bits per heavy atom. The fraction of sp³-hybridized carbons (Fsp3) is 0.600. The number of anilines is 1. The molecule has 1 aliphatic carbocycles. The molecular weight excluding hydrogens is 426 g/mol. The molecule has 1 saturated carbocycles. The van der Waals surface area contributed by atoms with Crippen LogP contribution in [0.25, 0.3) is 10.8 Å². The third-order valence-corrected chi connectivity index (χ3v) is 8.52. The number of fused-ring (bicyclic) bond motifs is 1. The molecular formula is C25H30ClN3O3. The van der Waals surface area contributed by atoms with E-state index >= 15 is 0 Å². The lowest BCUT2D eigenvalue weighted by atomic mass is 9.87. The van der Waals surface area contributed by atoms with Crippen LogP contribution < -0.4 is 5.32 Å². The standard InChI is InChI=1S/C25H30ClN3O3/c26-22-10-18-13-27-23(28-24(30)21-12-25(21)3-7-31-8-4-25)11-17(18)9-20(22)16-1-5-29(6-2-16)19-14-32-15-19/h9-11,13,16,19,21H,1-8,12,14-15H2,(H,27,28,30). The molecule has 1 spiro atoms. The number of benzene rings is 1. The molecule has 7 heteroatoms. The fourth-order valence-electron chi connectivity index (χ4n) is 5.84. The van der Waals surface area contributed by atoms with E-state index in [0.29, 0.717) is 17.8 Å². The van der Waals surface area contributed by atoms with Crippen LogP contribution in [0.3, 0.4) is 0 Å². The van der Waals surface area contributed by atoms with Crippen LogP contribution in [0.2, 0.25) is 5.02 Å². The van der Waals surface area contributed by atoms with E-state index in [1.54, 1.807) is 0 Å². The second-order valence-electron chi connectivity index (χ2n) is 10.0. The summed E-state index contributed by atoms with van der Waals surface area (Å²) in [7, 11) is 0. The maximum atomic E-state index is 12.8. The van der Waals surface area contributed by atoms with E-state index in [0.717, 1.165) is 87.4 Å². The first-order valence-electron chi connectivity index (χ1n) is 11.9. The lowest BCUT2D eigenvalue weighted by molar-refractivity contribution is -0.118. The summed E-state index contributed by atoms with van der Waals surface area (Å²) < 4.78 is 10.8. The maximum absolute atomic E-state index is 12.8. The van der Waals surface area contributed by atoms with Crippen molar-refractivity contribution in [1.29, 1.82) is 0 Å². The van der Waals surface area contributed by atoms with E-state index in [2.05, 4.69) is 21.3 Å². The van der Waals surface area contributed by atoms with Crippen LogP contribution in [0.5, 0.6) is 0 Å². The van der Waals surface area contributed by atoms with Crippen LogP contribution in [0, 0.1) is 11.3 Å². The minimum Gasteiger partial charge on any atom is -0.381 e. The molecule has 3 saturated heterocycles. The van der Waals surface area contributed by atoms with Crippen LogP contribution in [0.4, 0.5) is 5.82 Å². The highest BCUT2D eigenvalue weighted by atomic mass is 35.5. The van der Waals surface area contributed by atoms with E-state index in [-0.39, 0.29) is 17.2 Å². The van der Waals surface area contributed by atoms with Gasteiger partial charge in [-0.15, -0.1) is 0 Å².